The van der Waals surface area contributed by atoms with Gasteiger partial charge in [-0.3, -0.25) is 0 Å². The molecule has 0 saturated heterocycles. The van der Waals surface area contributed by atoms with Crippen molar-refractivity contribution in [3.05, 3.63) is 58.1 Å². The number of ketones is 1. The highest BCUT2D eigenvalue weighted by Gasteiger charge is 2.17. The molecule has 0 aliphatic heterocycles. The summed E-state index contributed by atoms with van der Waals surface area (Å²) in [6.45, 7) is 8.12. The number of benzene rings is 1. The van der Waals surface area contributed by atoms with Gasteiger partial charge in [0.2, 0.25) is 0 Å². The van der Waals surface area contributed by atoms with Crippen molar-refractivity contribution in [3.8, 4) is 11.5 Å². The van der Waals surface area contributed by atoms with Crippen molar-refractivity contribution >= 4 is 5.78 Å². The van der Waals surface area contributed by atoms with E-state index in [4.69, 9.17) is 18.9 Å². The molecule has 36 heavy (non-hydrogen) atoms. The summed E-state index contributed by atoms with van der Waals surface area (Å²) in [7, 11) is 8.85. The highest BCUT2D eigenvalue weighted by atomic mass is 16.5. The van der Waals surface area contributed by atoms with Crippen LogP contribution in [0.3, 0.4) is 0 Å². The third-order valence-corrected chi connectivity index (χ3v) is 6.81. The van der Waals surface area contributed by atoms with Crippen molar-refractivity contribution in [2.24, 2.45) is 5.92 Å². The number of rotatable bonds is 15. The van der Waals surface area contributed by atoms with Gasteiger partial charge in [-0.2, -0.15) is 0 Å². The molecule has 0 radical (unpaired) electrons. The van der Waals surface area contributed by atoms with E-state index >= 15 is 0 Å². The van der Waals surface area contributed by atoms with Gasteiger partial charge in [0.15, 0.2) is 23.0 Å². The molecule has 6 heteroatoms. The lowest BCUT2D eigenvalue weighted by atomic mass is 9.89. The Balaban J connectivity index is 2.02. The number of hydrogen-bond donors (Lipinski definition) is 0. The van der Waals surface area contributed by atoms with Crippen LogP contribution in [-0.2, 0) is 27.1 Å². The number of carbonyl (C=O) groups is 1. The van der Waals surface area contributed by atoms with Gasteiger partial charge in [-0.05, 0) is 99.5 Å². The largest absolute Gasteiger partial charge is 0.493 e. The summed E-state index contributed by atoms with van der Waals surface area (Å²) in [5, 5.41) is 0. The summed E-state index contributed by atoms with van der Waals surface area (Å²) in [4.78, 5) is 14.0. The van der Waals surface area contributed by atoms with Gasteiger partial charge in [-0.15, -0.1) is 0 Å². The number of ether oxygens (including phenoxy) is 4. The first-order valence-electron chi connectivity index (χ1n) is 12.9. The monoisotopic (exact) mass is 499 g/mol. The quantitative estimate of drug-likeness (QED) is 0.300. The van der Waals surface area contributed by atoms with Crippen LogP contribution in [0.15, 0.2) is 46.9 Å². The van der Waals surface area contributed by atoms with E-state index in [2.05, 4.69) is 44.0 Å². The summed E-state index contributed by atoms with van der Waals surface area (Å²) in [5.41, 5.74) is 5.19. The Morgan fingerprint density at radius 1 is 0.889 bits per heavy atom. The summed E-state index contributed by atoms with van der Waals surface area (Å²) in [6, 6.07) is 4.08. The molecule has 1 aliphatic rings. The molecular weight excluding hydrogens is 454 g/mol. The molecule has 6 nitrogen and oxygen atoms in total. The zero-order chi connectivity index (χ0) is 26.7. The number of Topliss-reactive ketones (excluding diaryl/α,β-unsaturated/α-hetero) is 1. The maximum Gasteiger partial charge on any atom is 0.161 e. The number of aryl methyl sites for hydroxylation is 1. The van der Waals surface area contributed by atoms with Gasteiger partial charge in [0, 0.05) is 13.0 Å². The molecule has 1 aliphatic carbocycles. The maximum atomic E-state index is 11.6. The molecule has 0 spiro atoms. The predicted molar refractivity (Wildman–Crippen MR) is 146 cm³/mol. The summed E-state index contributed by atoms with van der Waals surface area (Å²) in [5.74, 6) is 3.72. The average Bonchev–Trinajstić information content (AvgIpc) is 2.87. The molecule has 0 amide bonds. The smallest absolute Gasteiger partial charge is 0.161 e. The van der Waals surface area contributed by atoms with Crippen LogP contribution in [0.25, 0.3) is 0 Å². The Hall–Kier alpha value is -2.73. The first kappa shape index (κ1) is 29.5. The van der Waals surface area contributed by atoms with Crippen molar-refractivity contribution in [1.82, 2.24) is 4.90 Å². The minimum absolute atomic E-state index is 0.197. The van der Waals surface area contributed by atoms with E-state index in [-0.39, 0.29) is 5.78 Å². The lowest BCUT2D eigenvalue weighted by Gasteiger charge is -2.22. The van der Waals surface area contributed by atoms with Crippen LogP contribution in [0.2, 0.25) is 0 Å². The summed E-state index contributed by atoms with van der Waals surface area (Å²) < 4.78 is 22.0. The van der Waals surface area contributed by atoms with Gasteiger partial charge in [-0.1, -0.05) is 19.4 Å². The Morgan fingerprint density at radius 3 is 2.03 bits per heavy atom. The number of carbonyl (C=O) groups excluding carboxylic acids is 1. The average molecular weight is 500 g/mol. The van der Waals surface area contributed by atoms with Gasteiger partial charge in [0.1, 0.15) is 5.78 Å². The highest BCUT2D eigenvalue weighted by Crippen LogP contribution is 2.32. The van der Waals surface area contributed by atoms with Crippen LogP contribution in [-0.4, -0.2) is 59.3 Å². The van der Waals surface area contributed by atoms with Crippen molar-refractivity contribution < 1.29 is 23.7 Å². The van der Waals surface area contributed by atoms with Gasteiger partial charge < -0.3 is 28.6 Å². The van der Waals surface area contributed by atoms with Gasteiger partial charge in [-0.25, -0.2) is 0 Å². The van der Waals surface area contributed by atoms with E-state index in [9.17, 15) is 4.79 Å². The second-order valence-corrected chi connectivity index (χ2v) is 9.73. The Bertz CT molecular complexity index is 974. The van der Waals surface area contributed by atoms with Crippen molar-refractivity contribution in [2.45, 2.75) is 59.3 Å². The summed E-state index contributed by atoms with van der Waals surface area (Å²) in [6.07, 6.45) is 9.41. The molecule has 0 atom stereocenters. The van der Waals surface area contributed by atoms with Crippen LogP contribution >= 0.6 is 0 Å². The van der Waals surface area contributed by atoms with E-state index in [1.165, 1.54) is 16.7 Å². The van der Waals surface area contributed by atoms with Crippen LogP contribution in [0, 0.1) is 5.92 Å². The normalized spacial score (nSPS) is 14.9. The fourth-order valence-corrected chi connectivity index (χ4v) is 4.68. The van der Waals surface area contributed by atoms with Crippen LogP contribution in [0.1, 0.15) is 57.6 Å². The fraction of sp³-hybridized carbons (Fsp3) is 0.567. The molecule has 0 unspecified atom stereocenters. The topological polar surface area (TPSA) is 57.2 Å². The number of nitrogens with zero attached hydrogens (tertiary/aromatic N) is 1. The van der Waals surface area contributed by atoms with Crippen molar-refractivity contribution in [2.75, 3.05) is 48.6 Å². The van der Waals surface area contributed by atoms with Crippen LogP contribution in [0.5, 0.6) is 11.5 Å². The van der Waals surface area contributed by atoms with Gasteiger partial charge in [0.05, 0.1) is 28.4 Å². The molecule has 0 bridgehead atoms. The molecule has 1 aromatic carbocycles. The number of allylic oxidation sites excluding steroid dienone is 4. The second kappa shape index (κ2) is 14.7. The van der Waals surface area contributed by atoms with E-state index < -0.39 is 0 Å². The Morgan fingerprint density at radius 2 is 1.50 bits per heavy atom. The minimum Gasteiger partial charge on any atom is -0.493 e. The van der Waals surface area contributed by atoms with Gasteiger partial charge >= 0.3 is 0 Å². The van der Waals surface area contributed by atoms with Crippen molar-refractivity contribution in [3.63, 3.8) is 0 Å². The molecule has 2 rings (SSSR count). The number of likely N-dealkylation sites (N-methyl/N-ethyl adjacent to an activating group) is 1. The number of hydrogen-bond acceptors (Lipinski definition) is 6. The zero-order valence-corrected chi connectivity index (χ0v) is 23.5. The molecule has 0 heterocycles. The van der Waals surface area contributed by atoms with E-state index in [1.807, 2.05) is 6.07 Å². The van der Waals surface area contributed by atoms with Crippen LogP contribution < -0.4 is 9.47 Å². The van der Waals surface area contributed by atoms with Gasteiger partial charge in [0.25, 0.3) is 0 Å². The third kappa shape index (κ3) is 8.44. The van der Waals surface area contributed by atoms with E-state index in [0.717, 1.165) is 68.0 Å². The van der Waals surface area contributed by atoms with E-state index in [0.29, 0.717) is 18.1 Å². The maximum absolute atomic E-state index is 11.6. The first-order chi connectivity index (χ1) is 17.2. The summed E-state index contributed by atoms with van der Waals surface area (Å²) >= 11 is 0. The highest BCUT2D eigenvalue weighted by molar-refractivity contribution is 5.75. The minimum atomic E-state index is 0.197. The molecule has 200 valence electrons. The molecule has 0 N–H and O–H groups in total. The lowest BCUT2D eigenvalue weighted by Crippen LogP contribution is -2.23. The predicted octanol–water partition coefficient (Wildman–Crippen LogP) is 5.90. The molecule has 0 fully saturated rings. The standard InChI is InChI=1S/C30H45NO5/c1-21(2)26(25-13-14-27(33-5)28(20-25)34-6)10-9-16-31(4)17-15-24-19-30(36-8)29(35-7)18-23(24)12-11-22(3)32/h14,18-21H,9-13,15-17H2,1-8H3. The molecular formula is C30H45NO5. The SMILES string of the molecule is COC1=CCC(=C(CCCN(C)CCc2cc(OC)c(OC)cc2CCC(C)=O)C(C)C)C=C1OC. The van der Waals surface area contributed by atoms with Crippen LogP contribution in [0.4, 0.5) is 0 Å². The first-order valence-corrected chi connectivity index (χ1v) is 12.9. The Kier molecular flexibility index (Phi) is 12.1. The second-order valence-electron chi connectivity index (χ2n) is 9.73. The fourth-order valence-electron chi connectivity index (χ4n) is 4.68. The van der Waals surface area contributed by atoms with Crippen molar-refractivity contribution in [1.29, 1.82) is 0 Å². The zero-order valence-electron chi connectivity index (χ0n) is 23.5. The number of methoxy groups -OCH3 is 4. The lowest BCUT2D eigenvalue weighted by molar-refractivity contribution is -0.116. The molecule has 1 aromatic rings. The molecule has 0 aromatic heterocycles. The Labute approximate surface area is 217 Å². The molecule has 0 saturated carbocycles. The van der Waals surface area contributed by atoms with E-state index in [1.54, 1.807) is 35.4 Å². The third-order valence-electron chi connectivity index (χ3n) is 6.81.